The minimum Gasteiger partial charge on any atom is -0.366 e. The van der Waals surface area contributed by atoms with Crippen molar-refractivity contribution in [3.05, 3.63) is 30.6 Å². The van der Waals surface area contributed by atoms with E-state index in [1.165, 1.54) is 0 Å². The monoisotopic (exact) mass is 228 g/mol. The van der Waals surface area contributed by atoms with Crippen molar-refractivity contribution in [1.29, 1.82) is 0 Å². The molecule has 0 spiro atoms. The maximum absolute atomic E-state index is 4.60. The number of benzene rings is 1. The van der Waals surface area contributed by atoms with E-state index in [9.17, 15) is 0 Å². The van der Waals surface area contributed by atoms with Crippen molar-refractivity contribution < 1.29 is 0 Å². The molecule has 4 nitrogen and oxygen atoms in total. The summed E-state index contributed by atoms with van der Waals surface area (Å²) in [6.07, 6.45) is 2.44. The normalized spacial score (nSPS) is 11.8. The maximum Gasteiger partial charge on any atom is 0.165 e. The van der Waals surface area contributed by atoms with Crippen LogP contribution in [-0.2, 0) is 0 Å². The number of aromatic nitrogens is 2. The maximum atomic E-state index is 4.60. The molecule has 0 bridgehead atoms. The van der Waals surface area contributed by atoms with Crippen molar-refractivity contribution in [3.63, 3.8) is 0 Å². The van der Waals surface area contributed by atoms with Crippen molar-refractivity contribution in [1.82, 2.24) is 14.9 Å². The van der Waals surface area contributed by atoms with Crippen LogP contribution in [0.4, 0.5) is 5.82 Å². The molecular formula is C13H16N4. The smallest absolute Gasteiger partial charge is 0.165 e. The van der Waals surface area contributed by atoms with E-state index in [4.69, 9.17) is 0 Å². The number of hydrogen-bond acceptors (Lipinski definition) is 3. The van der Waals surface area contributed by atoms with Gasteiger partial charge in [-0.1, -0.05) is 19.1 Å². The molecule has 0 aliphatic carbocycles. The molecule has 2 aromatic rings. The van der Waals surface area contributed by atoms with Gasteiger partial charge in [-0.05, 0) is 12.1 Å². The zero-order valence-corrected chi connectivity index (χ0v) is 10.4. The van der Waals surface area contributed by atoms with E-state index < -0.39 is 0 Å². The summed E-state index contributed by atoms with van der Waals surface area (Å²) in [4.78, 5) is 15.1. The van der Waals surface area contributed by atoms with Gasteiger partial charge in [-0.15, -0.1) is 0 Å². The highest BCUT2D eigenvalue weighted by Gasteiger charge is 2.04. The molecule has 0 atom stereocenters. The molecule has 1 heterocycles. The summed E-state index contributed by atoms with van der Waals surface area (Å²) < 4.78 is 0. The Balaban J connectivity index is 2.56. The fourth-order valence-corrected chi connectivity index (χ4v) is 1.70. The molecule has 0 unspecified atom stereocenters. The Labute approximate surface area is 101 Å². The minimum atomic E-state index is 0.737. The summed E-state index contributed by atoms with van der Waals surface area (Å²) in [5, 5.41) is 0.989. The number of para-hydroxylation sites is 1. The summed E-state index contributed by atoms with van der Waals surface area (Å²) in [5.74, 6) is 1.75. The highest BCUT2D eigenvalue weighted by Crippen LogP contribution is 2.21. The third-order valence-corrected chi connectivity index (χ3v) is 2.59. The number of aliphatic imine (C=N–C) groups is 1. The fourth-order valence-electron chi connectivity index (χ4n) is 1.70. The molecule has 2 rings (SSSR count). The topological polar surface area (TPSA) is 41.4 Å². The van der Waals surface area contributed by atoms with Crippen LogP contribution in [0.5, 0.6) is 0 Å². The summed E-state index contributed by atoms with van der Waals surface area (Å²) in [5.41, 5.74) is 0.926. The Hall–Kier alpha value is -1.97. The Kier molecular flexibility index (Phi) is 3.32. The van der Waals surface area contributed by atoms with Crippen LogP contribution in [0.1, 0.15) is 13.3 Å². The first kappa shape index (κ1) is 11.5. The number of hydrogen-bond donors (Lipinski definition) is 0. The van der Waals surface area contributed by atoms with Gasteiger partial charge in [-0.2, -0.15) is 0 Å². The summed E-state index contributed by atoms with van der Waals surface area (Å²) in [6, 6.07) is 7.91. The Morgan fingerprint density at radius 3 is 2.71 bits per heavy atom. The molecule has 17 heavy (non-hydrogen) atoms. The highest BCUT2D eigenvalue weighted by molar-refractivity contribution is 5.92. The molecule has 0 aliphatic rings. The molecule has 0 saturated heterocycles. The SMILES string of the molecule is CCC(=Nc1ncnc2ccccc12)N(C)C. The molecule has 0 N–H and O–H groups in total. The lowest BCUT2D eigenvalue weighted by Gasteiger charge is -2.13. The van der Waals surface area contributed by atoms with Crippen LogP contribution >= 0.6 is 0 Å². The second kappa shape index (κ2) is 4.91. The molecular weight excluding hydrogens is 212 g/mol. The van der Waals surface area contributed by atoms with Crippen LogP contribution in [0.3, 0.4) is 0 Å². The van der Waals surface area contributed by atoms with E-state index in [-0.39, 0.29) is 0 Å². The lowest BCUT2D eigenvalue weighted by atomic mass is 10.2. The van der Waals surface area contributed by atoms with E-state index in [1.54, 1.807) is 6.33 Å². The highest BCUT2D eigenvalue weighted by atomic mass is 15.1. The van der Waals surface area contributed by atoms with Gasteiger partial charge in [-0.25, -0.2) is 15.0 Å². The first-order chi connectivity index (χ1) is 8.22. The van der Waals surface area contributed by atoms with Crippen molar-refractivity contribution in [2.75, 3.05) is 14.1 Å². The van der Waals surface area contributed by atoms with Gasteiger partial charge in [0.25, 0.3) is 0 Å². The van der Waals surface area contributed by atoms with Crippen LogP contribution in [0.25, 0.3) is 10.9 Å². The average Bonchev–Trinajstić information content (AvgIpc) is 2.35. The van der Waals surface area contributed by atoms with Crippen molar-refractivity contribution in [2.45, 2.75) is 13.3 Å². The summed E-state index contributed by atoms with van der Waals surface area (Å²) in [7, 11) is 3.98. The molecule has 1 aromatic heterocycles. The third kappa shape index (κ3) is 2.41. The molecule has 4 heteroatoms. The minimum absolute atomic E-state index is 0.737. The molecule has 88 valence electrons. The zero-order chi connectivity index (χ0) is 12.3. The van der Waals surface area contributed by atoms with Gasteiger partial charge in [-0.3, -0.25) is 0 Å². The zero-order valence-electron chi connectivity index (χ0n) is 10.4. The van der Waals surface area contributed by atoms with E-state index >= 15 is 0 Å². The van der Waals surface area contributed by atoms with Crippen LogP contribution in [0.2, 0.25) is 0 Å². The Morgan fingerprint density at radius 1 is 1.24 bits per heavy atom. The second-order valence-electron chi connectivity index (χ2n) is 3.99. The lowest BCUT2D eigenvalue weighted by molar-refractivity contribution is 0.607. The van der Waals surface area contributed by atoms with E-state index in [2.05, 4.69) is 21.9 Å². The molecule has 0 saturated carbocycles. The van der Waals surface area contributed by atoms with Crippen molar-refractivity contribution in [3.8, 4) is 0 Å². The molecule has 0 amide bonds. The summed E-state index contributed by atoms with van der Waals surface area (Å²) >= 11 is 0. The van der Waals surface area contributed by atoms with Gasteiger partial charge < -0.3 is 4.90 Å². The Morgan fingerprint density at radius 2 is 2.00 bits per heavy atom. The number of rotatable bonds is 2. The number of nitrogens with zero attached hydrogens (tertiary/aromatic N) is 4. The van der Waals surface area contributed by atoms with Gasteiger partial charge in [0.2, 0.25) is 0 Å². The van der Waals surface area contributed by atoms with Crippen LogP contribution in [0, 0.1) is 0 Å². The first-order valence-corrected chi connectivity index (χ1v) is 5.67. The van der Waals surface area contributed by atoms with Crippen LogP contribution < -0.4 is 0 Å². The number of fused-ring (bicyclic) bond motifs is 1. The standard InChI is InChI=1S/C13H16N4/c1-4-12(17(2)3)16-13-10-7-5-6-8-11(10)14-9-15-13/h5-9H,4H2,1-3H3. The quantitative estimate of drug-likeness (QED) is 0.586. The Bertz CT molecular complexity index is 541. The predicted molar refractivity (Wildman–Crippen MR) is 70.6 cm³/mol. The largest absolute Gasteiger partial charge is 0.366 e. The summed E-state index contributed by atoms with van der Waals surface area (Å²) in [6.45, 7) is 2.09. The van der Waals surface area contributed by atoms with E-state index in [0.717, 1.165) is 29.0 Å². The molecule has 0 aliphatic heterocycles. The van der Waals surface area contributed by atoms with Gasteiger partial charge in [0.05, 0.1) is 5.52 Å². The number of amidine groups is 1. The average molecular weight is 228 g/mol. The predicted octanol–water partition coefficient (Wildman–Crippen LogP) is 2.63. The second-order valence-corrected chi connectivity index (χ2v) is 3.99. The van der Waals surface area contributed by atoms with Gasteiger partial charge in [0.1, 0.15) is 12.2 Å². The van der Waals surface area contributed by atoms with Gasteiger partial charge in [0, 0.05) is 25.9 Å². The van der Waals surface area contributed by atoms with Gasteiger partial charge >= 0.3 is 0 Å². The first-order valence-electron chi connectivity index (χ1n) is 5.67. The van der Waals surface area contributed by atoms with E-state index in [1.807, 2.05) is 43.3 Å². The molecule has 1 aromatic carbocycles. The van der Waals surface area contributed by atoms with Crippen LogP contribution in [0.15, 0.2) is 35.6 Å². The van der Waals surface area contributed by atoms with Crippen LogP contribution in [-0.4, -0.2) is 34.8 Å². The molecule has 0 fully saturated rings. The molecule has 0 radical (unpaired) electrons. The van der Waals surface area contributed by atoms with Gasteiger partial charge in [0.15, 0.2) is 5.82 Å². The van der Waals surface area contributed by atoms with E-state index in [0.29, 0.717) is 0 Å². The third-order valence-electron chi connectivity index (χ3n) is 2.59. The van der Waals surface area contributed by atoms with Crippen molar-refractivity contribution >= 4 is 22.6 Å². The van der Waals surface area contributed by atoms with Crippen molar-refractivity contribution in [2.24, 2.45) is 4.99 Å². The lowest BCUT2D eigenvalue weighted by Crippen LogP contribution is -2.20. The fraction of sp³-hybridized carbons (Fsp3) is 0.308.